The number of carbonyl (C=O) groups is 1. The number of Topliss-reactive ketones (excluding diaryl/α,β-unsaturated/α-hetero) is 1. The standard InChI is InChI=1S/C21H21N2O3/c1-13(26)10-16(12-25)14(2)22-21-17-7-3-4-9-19(17)23-20-15(11-24)6-5-8-18(20)21/h3-9,14,16,24H,10-11H2,1-2H3,(H,22,23). The Bertz CT molecular complexity index is 968. The first-order valence-corrected chi connectivity index (χ1v) is 8.60. The maximum atomic E-state index is 11.4. The molecule has 0 saturated heterocycles. The van der Waals surface area contributed by atoms with E-state index in [1.165, 1.54) is 6.92 Å². The number of carbonyl (C=O) groups excluding carboxylic acids is 2. The lowest BCUT2D eigenvalue weighted by Gasteiger charge is -2.22. The molecular formula is C21H21N2O3. The first kappa shape index (κ1) is 18.0. The Hall–Kier alpha value is -2.79. The van der Waals surface area contributed by atoms with Crippen LogP contribution in [-0.4, -0.2) is 28.2 Å². The van der Waals surface area contributed by atoms with E-state index in [0.29, 0.717) is 0 Å². The molecule has 133 valence electrons. The van der Waals surface area contributed by atoms with E-state index < -0.39 is 5.92 Å². The number of para-hydroxylation sites is 2. The van der Waals surface area contributed by atoms with Gasteiger partial charge in [0.1, 0.15) is 5.78 Å². The molecule has 1 aromatic heterocycles. The predicted molar refractivity (Wildman–Crippen MR) is 103 cm³/mol. The minimum Gasteiger partial charge on any atom is -0.392 e. The first-order chi connectivity index (χ1) is 12.5. The van der Waals surface area contributed by atoms with E-state index in [1.54, 1.807) is 0 Å². The summed E-state index contributed by atoms with van der Waals surface area (Å²) in [5, 5.41) is 14.9. The normalized spacial score (nSPS) is 13.5. The molecule has 3 aromatic rings. The molecule has 0 aliphatic rings. The van der Waals surface area contributed by atoms with Gasteiger partial charge in [0.25, 0.3) is 0 Å². The van der Waals surface area contributed by atoms with Crippen molar-refractivity contribution in [1.82, 2.24) is 4.98 Å². The Morgan fingerprint density at radius 1 is 1.19 bits per heavy atom. The second kappa shape index (κ2) is 7.62. The molecule has 2 unspecified atom stereocenters. The van der Waals surface area contributed by atoms with Gasteiger partial charge in [-0.25, -0.2) is 4.98 Å². The number of aromatic nitrogens is 1. The van der Waals surface area contributed by atoms with Crippen molar-refractivity contribution in [3.05, 3.63) is 48.0 Å². The Morgan fingerprint density at radius 3 is 2.62 bits per heavy atom. The molecule has 0 fully saturated rings. The second-order valence-electron chi connectivity index (χ2n) is 6.54. The van der Waals surface area contributed by atoms with Crippen molar-refractivity contribution in [3.8, 4) is 0 Å². The molecular weight excluding hydrogens is 328 g/mol. The van der Waals surface area contributed by atoms with Gasteiger partial charge in [0.2, 0.25) is 6.29 Å². The van der Waals surface area contributed by atoms with Crippen LogP contribution in [0.4, 0.5) is 5.69 Å². The fourth-order valence-electron chi connectivity index (χ4n) is 3.21. The zero-order chi connectivity index (χ0) is 18.7. The fraction of sp³-hybridized carbons (Fsp3) is 0.286. The van der Waals surface area contributed by atoms with Crippen molar-refractivity contribution in [2.75, 3.05) is 5.32 Å². The number of nitrogens with one attached hydrogen (secondary N) is 1. The van der Waals surface area contributed by atoms with Gasteiger partial charge in [0.05, 0.1) is 29.2 Å². The molecule has 5 nitrogen and oxygen atoms in total. The zero-order valence-corrected chi connectivity index (χ0v) is 14.8. The first-order valence-electron chi connectivity index (χ1n) is 8.60. The molecule has 0 aliphatic heterocycles. The van der Waals surface area contributed by atoms with Gasteiger partial charge in [-0.05, 0) is 19.9 Å². The van der Waals surface area contributed by atoms with E-state index in [4.69, 9.17) is 4.98 Å². The molecule has 3 rings (SSSR count). The van der Waals surface area contributed by atoms with Crippen LogP contribution in [0.5, 0.6) is 0 Å². The molecule has 0 bridgehead atoms. The molecule has 0 saturated carbocycles. The molecule has 26 heavy (non-hydrogen) atoms. The Balaban J connectivity index is 2.15. The molecule has 2 aromatic carbocycles. The van der Waals surface area contributed by atoms with Gasteiger partial charge in [-0.3, -0.25) is 4.79 Å². The van der Waals surface area contributed by atoms with Gasteiger partial charge < -0.3 is 15.2 Å². The predicted octanol–water partition coefficient (Wildman–Crippen LogP) is 3.39. The maximum absolute atomic E-state index is 11.4. The molecule has 2 atom stereocenters. The highest BCUT2D eigenvalue weighted by Gasteiger charge is 2.21. The van der Waals surface area contributed by atoms with Crippen molar-refractivity contribution < 1.29 is 14.7 Å². The van der Waals surface area contributed by atoms with E-state index >= 15 is 0 Å². The SMILES string of the molecule is CC(=O)CC([C]=O)C(C)Nc1c2ccccc2nc2c(CO)cccc12. The van der Waals surface area contributed by atoms with Gasteiger partial charge >= 0.3 is 0 Å². The van der Waals surface area contributed by atoms with Gasteiger partial charge in [0, 0.05) is 28.8 Å². The summed E-state index contributed by atoms with van der Waals surface area (Å²) in [7, 11) is 0. The maximum Gasteiger partial charge on any atom is 0.204 e. The van der Waals surface area contributed by atoms with Crippen LogP contribution < -0.4 is 5.32 Å². The van der Waals surface area contributed by atoms with Gasteiger partial charge in [-0.15, -0.1) is 0 Å². The minimum atomic E-state index is -0.532. The van der Waals surface area contributed by atoms with Crippen molar-refractivity contribution in [2.45, 2.75) is 32.9 Å². The van der Waals surface area contributed by atoms with Crippen LogP contribution in [0.1, 0.15) is 25.8 Å². The van der Waals surface area contributed by atoms with Crippen LogP contribution in [0.15, 0.2) is 42.5 Å². The van der Waals surface area contributed by atoms with Crippen molar-refractivity contribution >= 4 is 39.6 Å². The van der Waals surface area contributed by atoms with Crippen molar-refractivity contribution in [3.63, 3.8) is 0 Å². The molecule has 0 amide bonds. The Kier molecular flexibility index (Phi) is 5.28. The third-order valence-electron chi connectivity index (χ3n) is 4.60. The van der Waals surface area contributed by atoms with Gasteiger partial charge in [0.15, 0.2) is 0 Å². The number of nitrogens with zero attached hydrogens (tertiary/aromatic N) is 1. The lowest BCUT2D eigenvalue weighted by atomic mass is 9.96. The number of benzene rings is 2. The number of hydrogen-bond acceptors (Lipinski definition) is 5. The number of ketones is 1. The number of hydrogen-bond donors (Lipinski definition) is 2. The Morgan fingerprint density at radius 2 is 1.92 bits per heavy atom. The van der Waals surface area contributed by atoms with E-state index in [1.807, 2.05) is 55.7 Å². The third kappa shape index (κ3) is 3.44. The van der Waals surface area contributed by atoms with E-state index in [9.17, 15) is 14.7 Å². The molecule has 0 spiro atoms. The van der Waals surface area contributed by atoms with Crippen LogP contribution in [0.3, 0.4) is 0 Å². The highest BCUT2D eigenvalue weighted by Crippen LogP contribution is 2.33. The van der Waals surface area contributed by atoms with Gasteiger partial charge in [-0.1, -0.05) is 36.4 Å². The zero-order valence-electron chi connectivity index (χ0n) is 14.8. The van der Waals surface area contributed by atoms with E-state index in [2.05, 4.69) is 5.32 Å². The van der Waals surface area contributed by atoms with Gasteiger partial charge in [-0.2, -0.15) is 0 Å². The number of anilines is 1. The number of aliphatic hydroxyl groups excluding tert-OH is 1. The summed E-state index contributed by atoms with van der Waals surface area (Å²) in [5.41, 5.74) is 3.11. The second-order valence-corrected chi connectivity index (χ2v) is 6.54. The average molecular weight is 349 g/mol. The smallest absolute Gasteiger partial charge is 0.204 e. The summed E-state index contributed by atoms with van der Waals surface area (Å²) in [6.07, 6.45) is 2.14. The topological polar surface area (TPSA) is 79.3 Å². The quantitative estimate of drug-likeness (QED) is 0.639. The van der Waals surface area contributed by atoms with Crippen LogP contribution in [0.2, 0.25) is 0 Å². The van der Waals surface area contributed by atoms with Crippen LogP contribution in [0.25, 0.3) is 21.8 Å². The number of rotatable bonds is 7. The largest absolute Gasteiger partial charge is 0.392 e. The number of aliphatic hydroxyl groups is 1. The summed E-state index contributed by atoms with van der Waals surface area (Å²) in [6.45, 7) is 3.24. The summed E-state index contributed by atoms with van der Waals surface area (Å²) >= 11 is 0. The molecule has 2 N–H and O–H groups in total. The highest BCUT2D eigenvalue weighted by atomic mass is 16.3. The van der Waals surface area contributed by atoms with Crippen LogP contribution in [0, 0.1) is 5.92 Å². The third-order valence-corrected chi connectivity index (χ3v) is 4.60. The van der Waals surface area contributed by atoms with Crippen LogP contribution in [-0.2, 0) is 16.2 Å². The van der Waals surface area contributed by atoms with Crippen molar-refractivity contribution in [1.29, 1.82) is 0 Å². The molecule has 1 heterocycles. The average Bonchev–Trinajstić information content (AvgIpc) is 2.65. The number of pyridine rings is 1. The summed E-state index contributed by atoms with van der Waals surface area (Å²) in [5.74, 6) is -0.575. The fourth-order valence-corrected chi connectivity index (χ4v) is 3.21. The molecule has 0 aliphatic carbocycles. The van der Waals surface area contributed by atoms with E-state index in [-0.39, 0.29) is 24.9 Å². The van der Waals surface area contributed by atoms with E-state index in [0.717, 1.165) is 33.1 Å². The van der Waals surface area contributed by atoms with Crippen LogP contribution >= 0.6 is 0 Å². The monoisotopic (exact) mass is 349 g/mol. The summed E-state index contributed by atoms with van der Waals surface area (Å²) < 4.78 is 0. The number of fused-ring (bicyclic) bond motifs is 2. The summed E-state index contributed by atoms with van der Waals surface area (Å²) in [6, 6.07) is 13.1. The van der Waals surface area contributed by atoms with Crippen molar-refractivity contribution in [2.24, 2.45) is 5.92 Å². The Labute approximate surface area is 152 Å². The lowest BCUT2D eigenvalue weighted by Crippen LogP contribution is -2.28. The summed E-state index contributed by atoms with van der Waals surface area (Å²) in [4.78, 5) is 27.5. The molecule has 5 heteroatoms. The highest BCUT2D eigenvalue weighted by molar-refractivity contribution is 6.08. The molecule has 1 radical (unpaired) electrons. The lowest BCUT2D eigenvalue weighted by molar-refractivity contribution is -0.117. The minimum absolute atomic E-state index is 0.0426.